The summed E-state index contributed by atoms with van der Waals surface area (Å²) in [6.45, 7) is 0. The molecule has 5 heterocycles. The Kier molecular flexibility index (Phi) is 9.68. The summed E-state index contributed by atoms with van der Waals surface area (Å²) in [5.74, 6) is -42.4. The predicted octanol–water partition coefficient (Wildman–Crippen LogP) is 14.6. The van der Waals surface area contributed by atoms with Crippen molar-refractivity contribution in [3.8, 4) is 56.2 Å². The molecule has 344 valence electrons. The Morgan fingerprint density at radius 2 is 0.853 bits per heavy atom. The van der Waals surface area contributed by atoms with Crippen molar-refractivity contribution in [2.75, 3.05) is 5.32 Å². The van der Waals surface area contributed by atoms with Crippen LogP contribution in [0, 0.1) is 0 Å². The first-order chi connectivity index (χ1) is 32.0. The number of amides is 1. The molecule has 8 bridgehead atoms. The van der Waals surface area contributed by atoms with Crippen molar-refractivity contribution < 1.29 is 61.9 Å². The molecule has 2 aliphatic heterocycles. The second kappa shape index (κ2) is 14.9. The van der Waals surface area contributed by atoms with Gasteiger partial charge in [0.25, 0.3) is 0 Å². The lowest BCUT2D eigenvalue weighted by atomic mass is 9.93. The van der Waals surface area contributed by atoms with Gasteiger partial charge in [0.05, 0.1) is 28.3 Å². The first-order valence-corrected chi connectivity index (χ1v) is 20.2. The van der Waals surface area contributed by atoms with Crippen LogP contribution in [0.1, 0.15) is 0 Å². The molecule has 0 saturated carbocycles. The lowest BCUT2D eigenvalue weighted by molar-refractivity contribution is -0.435. The van der Waals surface area contributed by atoms with Crippen LogP contribution in [0.5, 0.6) is 0 Å². The number of rotatable bonds is 7. The van der Waals surface area contributed by atoms with Crippen molar-refractivity contribution in [3.05, 3.63) is 140 Å². The van der Waals surface area contributed by atoms with Crippen LogP contribution in [0.15, 0.2) is 140 Å². The Morgan fingerprint density at radius 1 is 0.441 bits per heavy atom. The topological polar surface area (TPSA) is 86.5 Å². The van der Waals surface area contributed by atoms with E-state index in [0.29, 0.717) is 66.8 Å². The van der Waals surface area contributed by atoms with Gasteiger partial charge >= 0.3 is 41.7 Å². The molecule has 0 fully saturated rings. The second-order valence-electron chi connectivity index (χ2n) is 16.0. The molecule has 3 aromatic heterocycles. The number of halogens is 13. The summed E-state index contributed by atoms with van der Waals surface area (Å²) in [4.78, 5) is 29.8. The van der Waals surface area contributed by atoms with Gasteiger partial charge in [0.15, 0.2) is 0 Å². The van der Waals surface area contributed by atoms with Crippen LogP contribution in [-0.2, 0) is 4.79 Å². The quantitative estimate of drug-likeness (QED) is 0.139. The Bertz CT molecular complexity index is 3560. The minimum absolute atomic E-state index is 0.233. The minimum Gasteiger partial charge on any atom is -0.354 e. The molecule has 1 amide bonds. The van der Waals surface area contributed by atoms with Gasteiger partial charge in [-0.3, -0.25) is 4.79 Å². The van der Waals surface area contributed by atoms with Crippen molar-refractivity contribution in [2.24, 2.45) is 0 Å². The number of nitrogens with one attached hydrogen (secondary N) is 3. The number of carbonyl (C=O) groups excluding carboxylic acids is 1. The van der Waals surface area contributed by atoms with Crippen LogP contribution < -0.4 is 5.32 Å². The summed E-state index contributed by atoms with van der Waals surface area (Å²) in [7, 11) is 0. The molecule has 0 aliphatic carbocycles. The fourth-order valence-electron chi connectivity index (χ4n) is 8.48. The fraction of sp³-hybridized carbons (Fsp3) is 0.122. The summed E-state index contributed by atoms with van der Waals surface area (Å²) in [5, 5.41) is 4.29. The van der Waals surface area contributed by atoms with Crippen molar-refractivity contribution in [1.82, 2.24) is 19.9 Å². The lowest BCUT2D eigenvalue weighted by Gasteiger charge is -2.39. The standard InChI is InChI=1S/C49H26F13N5O/c50-44(51,45(52,53)46(54,55)47(56,57)48(58,59)49(60,61)62)43(68)63-25-19-17-24(18-20-25)40-41-32-15-7-5-13-30(32)38(66-41)22-36-28-11-3-1-9-26(28)34(64-36)21-35-27-10-2-4-12-29(27)37(65-35)23-39-31-14-6-8-16-33(31)42(40)67-39/h1-23,64,67H,(H,63,68). The van der Waals surface area contributed by atoms with Crippen molar-refractivity contribution >= 4 is 55.2 Å². The van der Waals surface area contributed by atoms with Crippen LogP contribution in [0.25, 0.3) is 99.8 Å². The van der Waals surface area contributed by atoms with E-state index >= 15 is 0 Å². The molecule has 0 unspecified atom stereocenters. The Labute approximate surface area is 373 Å². The van der Waals surface area contributed by atoms with Crippen LogP contribution in [-0.4, -0.2) is 61.6 Å². The first-order valence-electron chi connectivity index (χ1n) is 20.2. The normalized spacial score (nSPS) is 13.4. The number of anilines is 1. The van der Waals surface area contributed by atoms with Gasteiger partial charge < -0.3 is 15.3 Å². The average Bonchev–Trinajstić information content (AvgIpc) is 4.05. The van der Waals surface area contributed by atoms with E-state index < -0.39 is 47.4 Å². The molecular formula is C49H26F13N5O. The number of alkyl halides is 13. The molecule has 0 radical (unpaired) electrons. The van der Waals surface area contributed by atoms with Crippen LogP contribution in [0.2, 0.25) is 0 Å². The van der Waals surface area contributed by atoms with Gasteiger partial charge in [-0.15, -0.1) is 0 Å². The summed E-state index contributed by atoms with van der Waals surface area (Å²) in [6, 6.07) is 39.7. The number of benzene rings is 5. The van der Waals surface area contributed by atoms with Gasteiger partial charge in [0, 0.05) is 71.6 Å². The third-order valence-corrected chi connectivity index (χ3v) is 11.9. The Hall–Kier alpha value is -7.70. The van der Waals surface area contributed by atoms with Gasteiger partial charge in [-0.1, -0.05) is 109 Å². The van der Waals surface area contributed by atoms with Gasteiger partial charge in [-0.2, -0.15) is 57.1 Å². The van der Waals surface area contributed by atoms with Crippen LogP contribution in [0.4, 0.5) is 62.8 Å². The highest BCUT2D eigenvalue weighted by atomic mass is 19.4. The van der Waals surface area contributed by atoms with Crippen LogP contribution >= 0.6 is 0 Å². The highest BCUT2D eigenvalue weighted by molar-refractivity contribution is 6.15. The summed E-state index contributed by atoms with van der Waals surface area (Å²) in [5.41, 5.74) is 7.44. The van der Waals surface area contributed by atoms with E-state index in [9.17, 15) is 61.9 Å². The molecule has 10 rings (SSSR count). The number of carbonyl (C=O) groups is 1. The first kappa shape index (κ1) is 44.2. The van der Waals surface area contributed by atoms with E-state index in [1.807, 2.05) is 91.0 Å². The number of aromatic amines is 2. The molecule has 5 aromatic carbocycles. The van der Waals surface area contributed by atoms with E-state index in [1.165, 1.54) is 17.4 Å². The minimum atomic E-state index is -8.15. The van der Waals surface area contributed by atoms with Gasteiger partial charge in [0.2, 0.25) is 0 Å². The summed E-state index contributed by atoms with van der Waals surface area (Å²) < 4.78 is 180. The Balaban J connectivity index is 1.17. The zero-order chi connectivity index (χ0) is 48.3. The second-order valence-corrected chi connectivity index (χ2v) is 16.0. The number of aromatic nitrogens is 4. The van der Waals surface area contributed by atoms with E-state index in [2.05, 4.69) is 9.97 Å². The summed E-state index contributed by atoms with van der Waals surface area (Å²) in [6.07, 6.45) is -7.59. The maximum absolute atomic E-state index is 14.9. The zero-order valence-electron chi connectivity index (χ0n) is 34.0. The van der Waals surface area contributed by atoms with Crippen molar-refractivity contribution in [1.29, 1.82) is 0 Å². The molecule has 8 aromatic rings. The number of hydrogen-bond donors (Lipinski definition) is 3. The molecule has 19 heteroatoms. The maximum Gasteiger partial charge on any atom is 0.460 e. The molecule has 0 spiro atoms. The number of hydrogen-bond acceptors (Lipinski definition) is 3. The molecular weight excluding hydrogens is 922 g/mol. The smallest absolute Gasteiger partial charge is 0.354 e. The third kappa shape index (κ3) is 6.37. The fourth-order valence-corrected chi connectivity index (χ4v) is 8.48. The van der Waals surface area contributed by atoms with Gasteiger partial charge in [-0.25, -0.2) is 9.97 Å². The van der Waals surface area contributed by atoms with E-state index in [1.54, 1.807) is 24.3 Å². The SMILES string of the molecule is O=C(Nc1ccc(-c2c3nc(cc4[nH]c(cc5nc(cc6[nH]c2c2ccccc62)-c2ccccc2-5)c2ccccc42)-c2ccccc2-3)cc1)C(F)(F)C(F)(F)C(F)(F)C(F)(F)C(F)(F)C(F)(F)F. The highest BCUT2D eigenvalue weighted by Gasteiger charge is 2.91. The van der Waals surface area contributed by atoms with Crippen molar-refractivity contribution in [2.45, 2.75) is 35.8 Å². The number of fused-ring (bicyclic) bond motifs is 20. The maximum atomic E-state index is 14.9. The van der Waals surface area contributed by atoms with Crippen molar-refractivity contribution in [3.63, 3.8) is 0 Å². The highest BCUT2D eigenvalue weighted by Crippen LogP contribution is 2.60. The van der Waals surface area contributed by atoms with Gasteiger partial charge in [0.1, 0.15) is 0 Å². The zero-order valence-corrected chi connectivity index (χ0v) is 34.0. The number of H-pyrrole nitrogens is 2. The molecule has 3 N–H and O–H groups in total. The Morgan fingerprint density at radius 3 is 1.37 bits per heavy atom. The third-order valence-electron chi connectivity index (χ3n) is 11.9. The molecule has 68 heavy (non-hydrogen) atoms. The van der Waals surface area contributed by atoms with Crippen LogP contribution in [0.3, 0.4) is 0 Å². The van der Waals surface area contributed by atoms with E-state index in [4.69, 9.17) is 9.97 Å². The lowest BCUT2D eigenvalue weighted by Crippen LogP contribution is -2.71. The number of nitrogens with zero attached hydrogens (tertiary/aromatic N) is 2. The van der Waals surface area contributed by atoms with Gasteiger partial charge in [-0.05, 0) is 35.9 Å². The van der Waals surface area contributed by atoms with E-state index in [0.717, 1.165) is 39.5 Å². The monoisotopic (exact) mass is 947 g/mol. The molecule has 6 nitrogen and oxygen atoms in total. The summed E-state index contributed by atoms with van der Waals surface area (Å²) >= 11 is 0. The molecule has 0 atom stereocenters. The largest absolute Gasteiger partial charge is 0.460 e. The van der Waals surface area contributed by atoms with E-state index in [-0.39, 0.29) is 5.56 Å². The average molecular weight is 948 g/mol. The predicted molar refractivity (Wildman–Crippen MR) is 230 cm³/mol. The molecule has 0 saturated heterocycles. The molecule has 2 aliphatic rings.